The zero-order chi connectivity index (χ0) is 17.2. The Morgan fingerprint density at radius 3 is 2.83 bits per heavy atom. The van der Waals surface area contributed by atoms with Crippen molar-refractivity contribution >= 4 is 34.9 Å². The Hall–Kier alpha value is -0.940. The first-order chi connectivity index (χ1) is 11.0. The molecule has 0 saturated carbocycles. The molecule has 0 saturated heterocycles. The molecular formula is C17H26ClNO3S. The van der Waals surface area contributed by atoms with E-state index in [-0.39, 0.29) is 24.1 Å². The van der Waals surface area contributed by atoms with Gasteiger partial charge in [-0.1, -0.05) is 37.5 Å². The zero-order valence-corrected chi connectivity index (χ0v) is 15.6. The summed E-state index contributed by atoms with van der Waals surface area (Å²) in [5, 5.41) is 14.8. The van der Waals surface area contributed by atoms with Crippen molar-refractivity contribution in [2.45, 2.75) is 51.7 Å². The normalized spacial score (nSPS) is 21.1. The number of hydrogen-bond donors (Lipinski definition) is 1. The van der Waals surface area contributed by atoms with Crippen LogP contribution in [-0.2, 0) is 9.63 Å². The van der Waals surface area contributed by atoms with Gasteiger partial charge in [-0.3, -0.25) is 4.79 Å². The number of carbonyl (C=O) groups is 1. The van der Waals surface area contributed by atoms with Crippen LogP contribution in [0.2, 0.25) is 0 Å². The van der Waals surface area contributed by atoms with E-state index in [0.717, 1.165) is 12.2 Å². The third-order valence-electron chi connectivity index (χ3n) is 3.70. The Morgan fingerprint density at radius 2 is 2.26 bits per heavy atom. The molecule has 23 heavy (non-hydrogen) atoms. The van der Waals surface area contributed by atoms with Crippen molar-refractivity contribution in [2.75, 3.05) is 12.4 Å². The molecule has 1 aliphatic carbocycles. The summed E-state index contributed by atoms with van der Waals surface area (Å²) < 4.78 is 0. The molecule has 0 radical (unpaired) electrons. The first kappa shape index (κ1) is 20.1. The molecule has 6 heteroatoms. The summed E-state index contributed by atoms with van der Waals surface area (Å²) in [5.74, 6) is 1.38. The van der Waals surface area contributed by atoms with E-state index in [9.17, 15) is 9.90 Å². The van der Waals surface area contributed by atoms with Crippen molar-refractivity contribution < 1.29 is 14.7 Å². The Bertz CT molecular complexity index is 488. The molecule has 0 aromatic carbocycles. The van der Waals surface area contributed by atoms with E-state index in [1.165, 1.54) is 5.54 Å². The van der Waals surface area contributed by atoms with Gasteiger partial charge in [0.05, 0.1) is 11.3 Å². The number of rotatable bonds is 9. The minimum absolute atomic E-state index is 0.0375. The van der Waals surface area contributed by atoms with Crippen LogP contribution in [0, 0.1) is 5.92 Å². The van der Waals surface area contributed by atoms with Crippen molar-refractivity contribution in [3.8, 4) is 0 Å². The van der Waals surface area contributed by atoms with Crippen LogP contribution in [0.25, 0.3) is 0 Å². The van der Waals surface area contributed by atoms with Gasteiger partial charge in [0.2, 0.25) is 0 Å². The van der Waals surface area contributed by atoms with Gasteiger partial charge < -0.3 is 9.94 Å². The number of thioether (sulfide) groups is 1. The molecule has 1 aliphatic rings. The minimum Gasteiger partial charge on any atom is -0.511 e. The molecule has 0 unspecified atom stereocenters. The van der Waals surface area contributed by atoms with E-state index in [1.54, 1.807) is 6.08 Å². The lowest BCUT2D eigenvalue weighted by Crippen LogP contribution is -2.26. The summed E-state index contributed by atoms with van der Waals surface area (Å²) in [6, 6.07) is 0. The number of nitrogens with zero attached hydrogens (tertiary/aromatic N) is 1. The fourth-order valence-electron chi connectivity index (χ4n) is 2.77. The van der Waals surface area contributed by atoms with Crippen LogP contribution in [0.1, 0.15) is 46.5 Å². The highest BCUT2D eigenvalue weighted by atomic mass is 35.5. The molecule has 2 atom stereocenters. The van der Waals surface area contributed by atoms with Crippen LogP contribution in [0.4, 0.5) is 0 Å². The predicted molar refractivity (Wildman–Crippen MR) is 98.3 cm³/mol. The second-order valence-corrected chi connectivity index (χ2v) is 7.54. The lowest BCUT2D eigenvalue weighted by molar-refractivity contribution is -0.116. The van der Waals surface area contributed by atoms with Crippen LogP contribution in [0.15, 0.2) is 28.1 Å². The quantitative estimate of drug-likeness (QED) is 0.363. The van der Waals surface area contributed by atoms with Crippen molar-refractivity contribution in [3.63, 3.8) is 0 Å². The number of Topliss-reactive ketones (excluding diaryl/α,β-unsaturated/α-hetero) is 1. The summed E-state index contributed by atoms with van der Waals surface area (Å²) in [6.45, 7) is 6.43. The number of ketones is 1. The van der Waals surface area contributed by atoms with E-state index < -0.39 is 0 Å². The Morgan fingerprint density at radius 1 is 1.52 bits per heavy atom. The number of aliphatic hydroxyl groups is 1. The van der Waals surface area contributed by atoms with E-state index in [0.29, 0.717) is 35.8 Å². The Balaban J connectivity index is 2.79. The van der Waals surface area contributed by atoms with Gasteiger partial charge in [-0.15, -0.1) is 0 Å². The molecule has 0 heterocycles. The summed E-state index contributed by atoms with van der Waals surface area (Å²) in [4.78, 5) is 17.6. The molecule has 0 amide bonds. The van der Waals surface area contributed by atoms with Crippen molar-refractivity contribution in [1.82, 2.24) is 0 Å². The van der Waals surface area contributed by atoms with Crippen molar-refractivity contribution in [1.29, 1.82) is 0 Å². The van der Waals surface area contributed by atoms with Gasteiger partial charge in [0.1, 0.15) is 12.4 Å². The van der Waals surface area contributed by atoms with Crippen LogP contribution >= 0.6 is 23.4 Å². The first-order valence-electron chi connectivity index (χ1n) is 8.04. The number of aliphatic hydroxyl groups excluding tert-OH is 1. The smallest absolute Gasteiger partial charge is 0.168 e. The summed E-state index contributed by atoms with van der Waals surface area (Å²) >= 11 is 7.30. The van der Waals surface area contributed by atoms with Crippen LogP contribution < -0.4 is 0 Å². The molecule has 4 nitrogen and oxygen atoms in total. The van der Waals surface area contributed by atoms with E-state index in [1.807, 2.05) is 18.7 Å². The average molecular weight is 360 g/mol. The molecule has 0 aromatic rings. The monoisotopic (exact) mass is 359 g/mol. The fourth-order valence-corrected chi connectivity index (χ4v) is 3.82. The number of halogens is 1. The molecule has 1 rings (SSSR count). The molecule has 0 aliphatic heterocycles. The lowest BCUT2D eigenvalue weighted by Gasteiger charge is -2.25. The van der Waals surface area contributed by atoms with Gasteiger partial charge in [-0.05, 0) is 30.6 Å². The van der Waals surface area contributed by atoms with Crippen LogP contribution in [0.3, 0.4) is 0 Å². The highest BCUT2D eigenvalue weighted by molar-refractivity contribution is 7.99. The fraction of sp³-hybridized carbons (Fsp3) is 0.647. The van der Waals surface area contributed by atoms with Gasteiger partial charge in [0, 0.05) is 23.6 Å². The summed E-state index contributed by atoms with van der Waals surface area (Å²) in [6.07, 6.45) is 4.09. The number of hydrogen-bond acceptors (Lipinski definition) is 5. The topological polar surface area (TPSA) is 58.9 Å². The van der Waals surface area contributed by atoms with E-state index >= 15 is 0 Å². The average Bonchev–Trinajstić information content (AvgIpc) is 2.49. The molecule has 130 valence electrons. The second-order valence-electron chi connectivity index (χ2n) is 5.57. The molecular weight excluding hydrogens is 334 g/mol. The Kier molecular flexibility index (Phi) is 9.41. The van der Waals surface area contributed by atoms with Gasteiger partial charge in [-0.25, -0.2) is 0 Å². The van der Waals surface area contributed by atoms with E-state index in [4.69, 9.17) is 16.4 Å². The second kappa shape index (κ2) is 10.8. The number of oxime groups is 1. The maximum absolute atomic E-state index is 12.4. The summed E-state index contributed by atoms with van der Waals surface area (Å²) in [7, 11) is 0. The van der Waals surface area contributed by atoms with Gasteiger partial charge in [0.25, 0.3) is 0 Å². The van der Waals surface area contributed by atoms with Gasteiger partial charge >= 0.3 is 0 Å². The molecule has 1 N–H and O–H groups in total. The molecule has 0 fully saturated rings. The number of allylic oxidation sites excluding steroid dienone is 2. The molecule has 0 aromatic heterocycles. The van der Waals surface area contributed by atoms with Gasteiger partial charge in [-0.2, -0.15) is 11.8 Å². The largest absolute Gasteiger partial charge is 0.511 e. The van der Waals surface area contributed by atoms with Crippen LogP contribution in [0.5, 0.6) is 0 Å². The van der Waals surface area contributed by atoms with E-state index in [2.05, 4.69) is 19.0 Å². The third kappa shape index (κ3) is 6.60. The maximum atomic E-state index is 12.4. The minimum atomic E-state index is -0.0375. The lowest BCUT2D eigenvalue weighted by atomic mass is 9.82. The van der Waals surface area contributed by atoms with Crippen molar-refractivity contribution in [3.05, 3.63) is 22.9 Å². The molecule has 0 bridgehead atoms. The molecule has 0 spiro atoms. The first-order valence-corrected chi connectivity index (χ1v) is 9.53. The maximum Gasteiger partial charge on any atom is 0.168 e. The highest BCUT2D eigenvalue weighted by Gasteiger charge is 2.31. The third-order valence-corrected chi connectivity index (χ3v) is 4.97. The predicted octanol–water partition coefficient (Wildman–Crippen LogP) is 4.84. The van der Waals surface area contributed by atoms with Crippen molar-refractivity contribution in [2.24, 2.45) is 11.1 Å². The standard InChI is InChI=1S/C17H26ClNO3S/c1-4-14(19-22-8-6-7-18)17-15(20)10-13(11-16(17)21)9-12(3)23-5-2/h6-7,12-13,20H,4-5,8-11H2,1-3H3/b7-6+,19-14-/t12-,13+/m1/s1. The number of carbonyl (C=O) groups excluding carboxylic acids is 1. The zero-order valence-electron chi connectivity index (χ0n) is 14.0. The SMILES string of the molecule is CCS[C@H](C)C[C@@H]1CC(=O)C(/C(CC)=N\OC/C=C/Cl)=C(O)C1. The Labute approximate surface area is 148 Å². The van der Waals surface area contributed by atoms with Gasteiger partial charge in [0.15, 0.2) is 5.78 Å². The highest BCUT2D eigenvalue weighted by Crippen LogP contribution is 2.32. The summed E-state index contributed by atoms with van der Waals surface area (Å²) in [5.41, 5.74) is 2.20. The van der Waals surface area contributed by atoms with Crippen LogP contribution in [-0.4, -0.2) is 34.2 Å².